The standard InChI is InChI=1S/C13H10BrN3O/c1-7-9(3-2-4-11(7)18)12-16-10-5-8(14)6-15-13(10)17-12/h2-6,18H,1H3,(H,15,16,17). The van der Waals surface area contributed by atoms with Crippen LogP contribution in [-0.4, -0.2) is 20.1 Å². The molecule has 90 valence electrons. The van der Waals surface area contributed by atoms with Crippen molar-refractivity contribution in [1.29, 1.82) is 0 Å². The molecule has 2 aromatic heterocycles. The summed E-state index contributed by atoms with van der Waals surface area (Å²) in [5.41, 5.74) is 3.21. The van der Waals surface area contributed by atoms with Crippen LogP contribution in [0, 0.1) is 6.92 Å². The Kier molecular flexibility index (Phi) is 2.56. The summed E-state index contributed by atoms with van der Waals surface area (Å²) in [7, 11) is 0. The Morgan fingerprint density at radius 2 is 2.17 bits per heavy atom. The van der Waals surface area contributed by atoms with Gasteiger partial charge in [0.25, 0.3) is 0 Å². The summed E-state index contributed by atoms with van der Waals surface area (Å²) >= 11 is 3.37. The Balaban J connectivity index is 2.22. The zero-order valence-electron chi connectivity index (χ0n) is 9.61. The molecule has 0 aliphatic carbocycles. The number of nitrogens with zero attached hydrogens (tertiary/aromatic N) is 2. The van der Waals surface area contributed by atoms with E-state index in [4.69, 9.17) is 0 Å². The van der Waals surface area contributed by atoms with Gasteiger partial charge in [0, 0.05) is 21.8 Å². The van der Waals surface area contributed by atoms with E-state index in [1.807, 2.05) is 19.1 Å². The predicted octanol–water partition coefficient (Wildman–Crippen LogP) is 3.40. The highest BCUT2D eigenvalue weighted by Crippen LogP contribution is 2.28. The minimum absolute atomic E-state index is 0.266. The largest absolute Gasteiger partial charge is 0.508 e. The van der Waals surface area contributed by atoms with Crippen LogP contribution in [-0.2, 0) is 0 Å². The van der Waals surface area contributed by atoms with E-state index < -0.39 is 0 Å². The molecule has 0 aliphatic rings. The van der Waals surface area contributed by atoms with Crippen LogP contribution in [0.3, 0.4) is 0 Å². The van der Waals surface area contributed by atoms with Gasteiger partial charge in [0.1, 0.15) is 11.6 Å². The fourth-order valence-corrected chi connectivity index (χ4v) is 2.21. The number of rotatable bonds is 1. The first-order chi connectivity index (χ1) is 8.65. The van der Waals surface area contributed by atoms with Gasteiger partial charge in [-0.15, -0.1) is 0 Å². The van der Waals surface area contributed by atoms with Gasteiger partial charge in [-0.1, -0.05) is 12.1 Å². The lowest BCUT2D eigenvalue weighted by Gasteiger charge is -2.03. The van der Waals surface area contributed by atoms with Crippen molar-refractivity contribution in [3.05, 3.63) is 40.5 Å². The average Bonchev–Trinajstić information content (AvgIpc) is 2.75. The van der Waals surface area contributed by atoms with E-state index in [2.05, 4.69) is 30.9 Å². The lowest BCUT2D eigenvalue weighted by Crippen LogP contribution is -1.85. The first kappa shape index (κ1) is 11.2. The number of imidazole rings is 1. The minimum Gasteiger partial charge on any atom is -0.508 e. The smallest absolute Gasteiger partial charge is 0.178 e. The molecule has 1 aromatic carbocycles. The second kappa shape index (κ2) is 4.10. The molecule has 18 heavy (non-hydrogen) atoms. The molecule has 0 atom stereocenters. The number of halogens is 1. The van der Waals surface area contributed by atoms with Crippen LogP contribution in [0.25, 0.3) is 22.6 Å². The number of aromatic amines is 1. The Hall–Kier alpha value is -1.88. The summed E-state index contributed by atoms with van der Waals surface area (Å²) in [6.07, 6.45) is 1.71. The SMILES string of the molecule is Cc1c(O)cccc1-c1nc2ncc(Br)cc2[nH]1. The number of pyridine rings is 1. The molecule has 5 heteroatoms. The van der Waals surface area contributed by atoms with Crippen molar-refractivity contribution in [2.75, 3.05) is 0 Å². The lowest BCUT2D eigenvalue weighted by molar-refractivity contribution is 0.471. The highest BCUT2D eigenvalue weighted by atomic mass is 79.9. The third kappa shape index (κ3) is 1.76. The second-order valence-corrected chi connectivity index (χ2v) is 4.98. The fraction of sp³-hybridized carbons (Fsp3) is 0.0769. The predicted molar refractivity (Wildman–Crippen MR) is 73.4 cm³/mol. The van der Waals surface area contributed by atoms with Crippen molar-refractivity contribution < 1.29 is 5.11 Å². The van der Waals surface area contributed by atoms with Crippen molar-refractivity contribution in [2.24, 2.45) is 0 Å². The summed E-state index contributed by atoms with van der Waals surface area (Å²) in [4.78, 5) is 11.9. The van der Waals surface area contributed by atoms with Gasteiger partial charge >= 0.3 is 0 Å². The maximum Gasteiger partial charge on any atom is 0.178 e. The van der Waals surface area contributed by atoms with E-state index in [0.717, 1.165) is 21.1 Å². The average molecular weight is 304 g/mol. The highest BCUT2D eigenvalue weighted by Gasteiger charge is 2.10. The summed E-state index contributed by atoms with van der Waals surface area (Å²) < 4.78 is 0.901. The van der Waals surface area contributed by atoms with Crippen molar-refractivity contribution in [3.63, 3.8) is 0 Å². The Morgan fingerprint density at radius 1 is 1.33 bits per heavy atom. The molecule has 3 aromatic rings. The number of fused-ring (bicyclic) bond motifs is 1. The molecule has 0 spiro atoms. The van der Waals surface area contributed by atoms with Gasteiger partial charge in [0.05, 0.1) is 5.52 Å². The molecule has 4 nitrogen and oxygen atoms in total. The molecule has 3 rings (SSSR count). The van der Waals surface area contributed by atoms with Gasteiger partial charge in [-0.25, -0.2) is 9.97 Å². The molecule has 0 fully saturated rings. The van der Waals surface area contributed by atoms with E-state index in [0.29, 0.717) is 11.5 Å². The summed E-state index contributed by atoms with van der Waals surface area (Å²) in [5.74, 6) is 0.978. The van der Waals surface area contributed by atoms with Gasteiger partial charge in [0.15, 0.2) is 5.65 Å². The van der Waals surface area contributed by atoms with Gasteiger partial charge in [0.2, 0.25) is 0 Å². The summed E-state index contributed by atoms with van der Waals surface area (Å²) in [5, 5.41) is 9.72. The van der Waals surface area contributed by atoms with Gasteiger partial charge < -0.3 is 10.1 Å². The molecule has 0 saturated carbocycles. The van der Waals surface area contributed by atoms with E-state index in [9.17, 15) is 5.11 Å². The second-order valence-electron chi connectivity index (χ2n) is 4.06. The van der Waals surface area contributed by atoms with Crippen molar-refractivity contribution in [1.82, 2.24) is 15.0 Å². The third-order valence-electron chi connectivity index (χ3n) is 2.86. The van der Waals surface area contributed by atoms with Crippen LogP contribution in [0.4, 0.5) is 0 Å². The number of aromatic nitrogens is 3. The molecule has 0 unspecified atom stereocenters. The summed E-state index contributed by atoms with van der Waals surface area (Å²) in [6, 6.07) is 7.31. The monoisotopic (exact) mass is 303 g/mol. The number of hydrogen-bond donors (Lipinski definition) is 2. The normalized spacial score (nSPS) is 11.0. The molecular weight excluding hydrogens is 294 g/mol. The number of benzene rings is 1. The zero-order chi connectivity index (χ0) is 12.7. The lowest BCUT2D eigenvalue weighted by atomic mass is 10.1. The Morgan fingerprint density at radius 3 is 3.00 bits per heavy atom. The van der Waals surface area contributed by atoms with Crippen LogP contribution in [0.2, 0.25) is 0 Å². The van der Waals surface area contributed by atoms with E-state index >= 15 is 0 Å². The number of hydrogen-bond acceptors (Lipinski definition) is 3. The minimum atomic E-state index is 0.266. The molecule has 2 N–H and O–H groups in total. The van der Waals surface area contributed by atoms with Crippen molar-refractivity contribution in [3.8, 4) is 17.1 Å². The molecule has 0 bridgehead atoms. The number of nitrogens with one attached hydrogen (secondary N) is 1. The Labute approximate surface area is 112 Å². The van der Waals surface area contributed by atoms with Gasteiger partial charge in [-0.3, -0.25) is 0 Å². The van der Waals surface area contributed by atoms with E-state index in [-0.39, 0.29) is 5.75 Å². The first-order valence-electron chi connectivity index (χ1n) is 5.45. The number of phenols is 1. The van der Waals surface area contributed by atoms with Crippen LogP contribution in [0.5, 0.6) is 5.75 Å². The van der Waals surface area contributed by atoms with Crippen LogP contribution in [0.15, 0.2) is 34.9 Å². The quantitative estimate of drug-likeness (QED) is 0.724. The molecule has 0 aliphatic heterocycles. The molecule has 0 amide bonds. The van der Waals surface area contributed by atoms with Gasteiger partial charge in [-0.2, -0.15) is 0 Å². The molecule has 0 saturated heterocycles. The maximum absolute atomic E-state index is 9.72. The number of phenolic OH excluding ortho intramolecular Hbond substituents is 1. The molecular formula is C13H10BrN3O. The first-order valence-corrected chi connectivity index (χ1v) is 6.24. The van der Waals surface area contributed by atoms with Crippen molar-refractivity contribution in [2.45, 2.75) is 6.92 Å². The van der Waals surface area contributed by atoms with Crippen molar-refractivity contribution >= 4 is 27.1 Å². The number of H-pyrrole nitrogens is 1. The molecule has 0 radical (unpaired) electrons. The maximum atomic E-state index is 9.72. The third-order valence-corrected chi connectivity index (χ3v) is 3.30. The van der Waals surface area contributed by atoms with Crippen LogP contribution >= 0.6 is 15.9 Å². The number of aromatic hydroxyl groups is 1. The fourth-order valence-electron chi connectivity index (χ4n) is 1.88. The topological polar surface area (TPSA) is 61.8 Å². The van der Waals surface area contributed by atoms with Crippen LogP contribution < -0.4 is 0 Å². The summed E-state index contributed by atoms with van der Waals surface area (Å²) in [6.45, 7) is 1.86. The van der Waals surface area contributed by atoms with Gasteiger partial charge in [-0.05, 0) is 35.0 Å². The van der Waals surface area contributed by atoms with E-state index in [1.165, 1.54) is 0 Å². The van der Waals surface area contributed by atoms with E-state index in [1.54, 1.807) is 18.3 Å². The highest BCUT2D eigenvalue weighted by molar-refractivity contribution is 9.10. The zero-order valence-corrected chi connectivity index (χ0v) is 11.2. The Bertz CT molecular complexity index is 736. The molecule has 2 heterocycles. The van der Waals surface area contributed by atoms with Crippen LogP contribution in [0.1, 0.15) is 5.56 Å².